The lowest BCUT2D eigenvalue weighted by Crippen LogP contribution is -2.33. The van der Waals surface area contributed by atoms with E-state index in [9.17, 15) is 0 Å². The molecule has 0 N–H and O–H groups in total. The number of rotatable bonds is 3. The maximum absolute atomic E-state index is 5.78. The minimum Gasteiger partial charge on any atom is -0.355 e. The van der Waals surface area contributed by atoms with Crippen molar-refractivity contribution in [1.29, 1.82) is 0 Å². The van der Waals surface area contributed by atoms with E-state index < -0.39 is 0 Å². The van der Waals surface area contributed by atoms with E-state index >= 15 is 0 Å². The normalized spacial score (nSPS) is 24.6. The third-order valence-electron chi connectivity index (χ3n) is 4.11. The van der Waals surface area contributed by atoms with Crippen LogP contribution in [0.15, 0.2) is 12.1 Å². The Labute approximate surface area is 115 Å². The number of nitrogens with zero attached hydrogens (tertiary/aromatic N) is 3. The fourth-order valence-electron chi connectivity index (χ4n) is 2.84. The highest BCUT2D eigenvalue weighted by Crippen LogP contribution is 2.29. The van der Waals surface area contributed by atoms with Gasteiger partial charge in [0, 0.05) is 13.1 Å². The highest BCUT2D eigenvalue weighted by atomic mass is 35.5. The van der Waals surface area contributed by atoms with E-state index in [1.165, 1.54) is 38.5 Å². The molecule has 0 amide bonds. The van der Waals surface area contributed by atoms with Gasteiger partial charge in [0.25, 0.3) is 0 Å². The largest absolute Gasteiger partial charge is 0.355 e. The summed E-state index contributed by atoms with van der Waals surface area (Å²) in [7, 11) is 2.13. The number of aromatic nitrogens is 2. The summed E-state index contributed by atoms with van der Waals surface area (Å²) in [5, 5.41) is 8.57. The second kappa shape index (κ2) is 6.37. The van der Waals surface area contributed by atoms with Crippen molar-refractivity contribution in [3.63, 3.8) is 0 Å². The molecule has 4 heteroatoms. The molecule has 0 radical (unpaired) electrons. The molecule has 1 aromatic rings. The first kappa shape index (κ1) is 13.6. The second-order valence-electron chi connectivity index (χ2n) is 5.27. The van der Waals surface area contributed by atoms with Gasteiger partial charge in [-0.2, -0.15) is 0 Å². The summed E-state index contributed by atoms with van der Waals surface area (Å²) in [4.78, 5) is 2.28. The van der Waals surface area contributed by atoms with Crippen molar-refractivity contribution in [2.45, 2.75) is 51.5 Å². The molecule has 2 rings (SSSR count). The lowest BCUT2D eigenvalue weighted by Gasteiger charge is -2.29. The van der Waals surface area contributed by atoms with Crippen LogP contribution in [0.4, 0.5) is 5.82 Å². The predicted octanol–water partition coefficient (Wildman–Crippen LogP) is 3.93. The molecular formula is C14H22ClN3. The van der Waals surface area contributed by atoms with Crippen molar-refractivity contribution < 1.29 is 0 Å². The minimum absolute atomic E-state index is 0.458. The van der Waals surface area contributed by atoms with Gasteiger partial charge >= 0.3 is 0 Å². The molecule has 1 aliphatic rings. The molecule has 0 saturated heterocycles. The summed E-state index contributed by atoms with van der Waals surface area (Å²) in [6.45, 7) is 2.30. The van der Waals surface area contributed by atoms with Crippen molar-refractivity contribution in [2.24, 2.45) is 5.92 Å². The number of hydrogen-bond acceptors (Lipinski definition) is 3. The zero-order chi connectivity index (χ0) is 13.0. The SMILES string of the molecule is CC[C@@H]1CCCC[C@H](N(C)c2ccc(Cl)nn2)C1. The fourth-order valence-corrected chi connectivity index (χ4v) is 2.94. The van der Waals surface area contributed by atoms with E-state index in [2.05, 4.69) is 29.1 Å². The standard InChI is InChI=1S/C14H22ClN3/c1-3-11-6-4-5-7-12(10-11)18(2)14-9-8-13(15)16-17-14/h8-9,11-12H,3-7,10H2,1-2H3/t11-,12+/m1/s1. The highest BCUT2D eigenvalue weighted by Gasteiger charge is 2.23. The Hall–Kier alpha value is -0.830. The van der Waals surface area contributed by atoms with Crippen LogP contribution in [0.2, 0.25) is 5.15 Å². The van der Waals surface area contributed by atoms with Crippen molar-refractivity contribution in [3.8, 4) is 0 Å². The third-order valence-corrected chi connectivity index (χ3v) is 4.31. The summed E-state index contributed by atoms with van der Waals surface area (Å²) < 4.78 is 0. The van der Waals surface area contributed by atoms with Gasteiger partial charge in [-0.05, 0) is 30.9 Å². The van der Waals surface area contributed by atoms with Crippen molar-refractivity contribution in [1.82, 2.24) is 10.2 Å². The molecular weight excluding hydrogens is 246 g/mol. The second-order valence-corrected chi connectivity index (χ2v) is 5.66. The maximum atomic E-state index is 5.78. The van der Waals surface area contributed by atoms with Crippen molar-refractivity contribution in [3.05, 3.63) is 17.3 Å². The molecule has 0 aromatic carbocycles. The monoisotopic (exact) mass is 267 g/mol. The minimum atomic E-state index is 0.458. The van der Waals surface area contributed by atoms with Crippen LogP contribution >= 0.6 is 11.6 Å². The topological polar surface area (TPSA) is 29.0 Å². The summed E-state index contributed by atoms with van der Waals surface area (Å²) in [6, 6.07) is 4.36. The Morgan fingerprint density at radius 3 is 2.72 bits per heavy atom. The smallest absolute Gasteiger partial charge is 0.151 e. The van der Waals surface area contributed by atoms with E-state index in [-0.39, 0.29) is 0 Å². The molecule has 0 aliphatic heterocycles. The van der Waals surface area contributed by atoms with Gasteiger partial charge in [0.05, 0.1) is 0 Å². The molecule has 3 nitrogen and oxygen atoms in total. The van der Waals surface area contributed by atoms with Crippen LogP contribution in [-0.4, -0.2) is 23.3 Å². The first-order valence-electron chi connectivity index (χ1n) is 6.92. The lowest BCUT2D eigenvalue weighted by atomic mass is 9.95. The van der Waals surface area contributed by atoms with Crippen LogP contribution in [0.5, 0.6) is 0 Å². The zero-order valence-corrected chi connectivity index (χ0v) is 12.0. The van der Waals surface area contributed by atoms with Crippen molar-refractivity contribution in [2.75, 3.05) is 11.9 Å². The molecule has 2 atom stereocenters. The maximum Gasteiger partial charge on any atom is 0.151 e. The van der Waals surface area contributed by atoms with E-state index in [1.807, 2.05) is 12.1 Å². The van der Waals surface area contributed by atoms with Gasteiger partial charge in [-0.25, -0.2) is 0 Å². The first-order valence-corrected chi connectivity index (χ1v) is 7.30. The zero-order valence-electron chi connectivity index (χ0n) is 11.3. The van der Waals surface area contributed by atoms with Crippen LogP contribution < -0.4 is 4.90 Å². The molecule has 1 aromatic heterocycles. The Morgan fingerprint density at radius 2 is 2.06 bits per heavy atom. The van der Waals surface area contributed by atoms with Crippen LogP contribution in [0.25, 0.3) is 0 Å². The molecule has 1 heterocycles. The van der Waals surface area contributed by atoms with Gasteiger partial charge in [-0.1, -0.05) is 44.2 Å². The predicted molar refractivity (Wildman–Crippen MR) is 76.1 cm³/mol. The number of anilines is 1. The molecule has 1 saturated carbocycles. The van der Waals surface area contributed by atoms with Gasteiger partial charge in [0.1, 0.15) is 0 Å². The highest BCUT2D eigenvalue weighted by molar-refractivity contribution is 6.29. The molecule has 0 unspecified atom stereocenters. The van der Waals surface area contributed by atoms with Gasteiger partial charge in [-0.15, -0.1) is 10.2 Å². The molecule has 0 spiro atoms. The number of halogens is 1. The van der Waals surface area contributed by atoms with Gasteiger partial charge in [0.15, 0.2) is 11.0 Å². The fraction of sp³-hybridized carbons (Fsp3) is 0.714. The summed E-state index contributed by atoms with van der Waals surface area (Å²) in [6.07, 6.45) is 7.90. The Bertz CT molecular complexity index is 366. The molecule has 0 bridgehead atoms. The van der Waals surface area contributed by atoms with E-state index in [0.29, 0.717) is 11.2 Å². The van der Waals surface area contributed by atoms with Crippen molar-refractivity contribution >= 4 is 17.4 Å². The van der Waals surface area contributed by atoms with E-state index in [1.54, 1.807) is 0 Å². The van der Waals surface area contributed by atoms with Crippen LogP contribution in [0.3, 0.4) is 0 Å². The van der Waals surface area contributed by atoms with Crippen LogP contribution in [0.1, 0.15) is 45.4 Å². The molecule has 100 valence electrons. The molecule has 1 fully saturated rings. The van der Waals surface area contributed by atoms with E-state index in [4.69, 9.17) is 11.6 Å². The van der Waals surface area contributed by atoms with Gasteiger partial charge in [-0.3, -0.25) is 0 Å². The van der Waals surface area contributed by atoms with E-state index in [0.717, 1.165) is 11.7 Å². The summed E-state index contributed by atoms with van der Waals surface area (Å²) >= 11 is 5.78. The molecule has 18 heavy (non-hydrogen) atoms. The first-order chi connectivity index (χ1) is 8.70. The quantitative estimate of drug-likeness (QED) is 0.777. The lowest BCUT2D eigenvalue weighted by molar-refractivity contribution is 0.413. The van der Waals surface area contributed by atoms with Gasteiger partial charge in [0.2, 0.25) is 0 Å². The average molecular weight is 268 g/mol. The Balaban J connectivity index is 2.06. The average Bonchev–Trinajstić information content (AvgIpc) is 2.64. The van der Waals surface area contributed by atoms with Crippen LogP contribution in [0, 0.1) is 5.92 Å². The van der Waals surface area contributed by atoms with Crippen LogP contribution in [-0.2, 0) is 0 Å². The third kappa shape index (κ3) is 3.35. The summed E-state index contributed by atoms with van der Waals surface area (Å²) in [5.41, 5.74) is 0. The molecule has 1 aliphatic carbocycles. The number of hydrogen-bond donors (Lipinski definition) is 0. The Morgan fingerprint density at radius 1 is 1.28 bits per heavy atom. The van der Waals surface area contributed by atoms with Gasteiger partial charge < -0.3 is 4.90 Å². The Kier molecular flexibility index (Phi) is 4.81. The summed E-state index contributed by atoms with van der Waals surface area (Å²) in [5.74, 6) is 1.79.